The molecule has 1 saturated carbocycles. The highest BCUT2D eigenvalue weighted by Crippen LogP contribution is 2.35. The monoisotopic (exact) mass is 504 g/mol. The summed E-state index contributed by atoms with van der Waals surface area (Å²) < 4.78 is 41.3. The van der Waals surface area contributed by atoms with Crippen LogP contribution in [0.2, 0.25) is 5.02 Å². The lowest BCUT2D eigenvalue weighted by molar-refractivity contribution is -0.137. The molecule has 5 nitrogen and oxygen atoms in total. The molecular formula is C26H28ClF3N4O. The summed E-state index contributed by atoms with van der Waals surface area (Å²) in [6.45, 7) is 3.17. The van der Waals surface area contributed by atoms with Crippen molar-refractivity contribution >= 4 is 34.5 Å². The van der Waals surface area contributed by atoms with E-state index in [-0.39, 0.29) is 11.8 Å². The van der Waals surface area contributed by atoms with Gasteiger partial charge in [0.1, 0.15) is 0 Å². The van der Waals surface area contributed by atoms with E-state index in [1.165, 1.54) is 25.0 Å². The minimum atomic E-state index is -4.40. The number of rotatable bonds is 4. The Morgan fingerprint density at radius 3 is 2.34 bits per heavy atom. The molecule has 1 saturated heterocycles. The minimum absolute atomic E-state index is 0.0348. The number of piperidine rings is 1. The molecule has 0 unspecified atom stereocenters. The van der Waals surface area contributed by atoms with Crippen LogP contribution in [0.1, 0.15) is 49.7 Å². The van der Waals surface area contributed by atoms with Crippen LogP contribution >= 0.6 is 11.6 Å². The zero-order chi connectivity index (χ0) is 24.7. The van der Waals surface area contributed by atoms with Gasteiger partial charge in [0.25, 0.3) is 0 Å². The Bertz CT molecular complexity index is 1220. The van der Waals surface area contributed by atoms with Crippen LogP contribution in [-0.2, 0) is 11.0 Å². The van der Waals surface area contributed by atoms with Gasteiger partial charge in [0.05, 0.1) is 16.6 Å². The molecule has 2 fully saturated rings. The number of amides is 1. The maximum absolute atomic E-state index is 13.1. The first kappa shape index (κ1) is 24.0. The van der Waals surface area contributed by atoms with Crippen LogP contribution in [0.3, 0.4) is 0 Å². The van der Waals surface area contributed by atoms with Gasteiger partial charge in [-0.05, 0) is 74.6 Å². The molecule has 9 heteroatoms. The summed E-state index contributed by atoms with van der Waals surface area (Å²) in [6, 6.07) is 9.09. The molecule has 1 aliphatic carbocycles. The first-order valence-corrected chi connectivity index (χ1v) is 12.5. The number of carbonyl (C=O) groups excluding carboxylic acids is 1. The Morgan fingerprint density at radius 1 is 1.06 bits per heavy atom. The van der Waals surface area contributed by atoms with Gasteiger partial charge in [-0.15, -0.1) is 0 Å². The van der Waals surface area contributed by atoms with E-state index in [4.69, 9.17) is 16.6 Å². The molecule has 0 spiro atoms. The van der Waals surface area contributed by atoms with Crippen LogP contribution in [0.25, 0.3) is 16.7 Å². The Kier molecular flexibility index (Phi) is 6.42. The number of halogens is 4. The number of aromatic nitrogens is 2. The molecule has 35 heavy (non-hydrogen) atoms. The molecule has 0 atom stereocenters. The van der Waals surface area contributed by atoms with Crippen LogP contribution in [0, 0.1) is 12.8 Å². The fourth-order valence-corrected chi connectivity index (χ4v) is 5.34. The molecule has 2 heterocycles. The Hall–Kier alpha value is -2.74. The van der Waals surface area contributed by atoms with Crippen molar-refractivity contribution in [2.45, 2.75) is 57.7 Å². The van der Waals surface area contributed by atoms with Gasteiger partial charge in [-0.3, -0.25) is 9.36 Å². The predicted octanol–water partition coefficient (Wildman–Crippen LogP) is 6.28. The molecule has 2 aliphatic rings. The van der Waals surface area contributed by atoms with E-state index in [1.54, 1.807) is 0 Å². The highest BCUT2D eigenvalue weighted by molar-refractivity contribution is 6.32. The van der Waals surface area contributed by atoms with E-state index in [0.717, 1.165) is 41.6 Å². The standard InChI is InChI=1S/C26H28ClF3N4O/c1-16-14-22-23(15-21(16)27)34(20-8-6-18(7-9-20)26(28,29)30)25(32-22)33-12-10-17(11-13-33)24(35)31-19-4-2-3-5-19/h6-9,14-15,17,19H,2-5,10-13H2,1H3,(H,31,35). The van der Waals surface area contributed by atoms with Gasteiger partial charge >= 0.3 is 6.18 Å². The third-order valence-electron chi connectivity index (χ3n) is 7.22. The molecule has 0 bridgehead atoms. The molecule has 186 valence electrons. The number of benzene rings is 2. The fourth-order valence-electron chi connectivity index (χ4n) is 5.19. The van der Waals surface area contributed by atoms with Gasteiger partial charge in [0.15, 0.2) is 0 Å². The van der Waals surface area contributed by atoms with Gasteiger partial charge in [0, 0.05) is 35.8 Å². The molecule has 1 amide bonds. The molecule has 1 aromatic heterocycles. The second-order valence-corrected chi connectivity index (χ2v) is 10.0. The van der Waals surface area contributed by atoms with Crippen molar-refractivity contribution in [2.75, 3.05) is 18.0 Å². The smallest absolute Gasteiger partial charge is 0.353 e. The quantitative estimate of drug-likeness (QED) is 0.455. The Balaban J connectivity index is 1.43. The van der Waals surface area contributed by atoms with Crippen molar-refractivity contribution < 1.29 is 18.0 Å². The van der Waals surface area contributed by atoms with Crippen molar-refractivity contribution in [2.24, 2.45) is 5.92 Å². The van der Waals surface area contributed by atoms with E-state index in [9.17, 15) is 18.0 Å². The number of anilines is 1. The van der Waals surface area contributed by atoms with E-state index in [0.29, 0.717) is 48.6 Å². The minimum Gasteiger partial charge on any atom is -0.353 e. The summed E-state index contributed by atoms with van der Waals surface area (Å²) in [5.41, 5.74) is 2.22. The van der Waals surface area contributed by atoms with Crippen molar-refractivity contribution in [3.8, 4) is 5.69 Å². The zero-order valence-electron chi connectivity index (χ0n) is 19.5. The van der Waals surface area contributed by atoms with Gasteiger partial charge < -0.3 is 10.2 Å². The van der Waals surface area contributed by atoms with Gasteiger partial charge in [-0.25, -0.2) is 4.98 Å². The second-order valence-electron chi connectivity index (χ2n) is 9.63. The normalized spacial score (nSPS) is 17.9. The van der Waals surface area contributed by atoms with Gasteiger partial charge in [-0.1, -0.05) is 24.4 Å². The maximum atomic E-state index is 13.1. The average molecular weight is 505 g/mol. The average Bonchev–Trinajstić information content (AvgIpc) is 3.47. The third-order valence-corrected chi connectivity index (χ3v) is 7.63. The lowest BCUT2D eigenvalue weighted by Crippen LogP contribution is -2.43. The van der Waals surface area contributed by atoms with E-state index in [2.05, 4.69) is 10.2 Å². The first-order valence-electron chi connectivity index (χ1n) is 12.1. The lowest BCUT2D eigenvalue weighted by atomic mass is 9.95. The van der Waals surface area contributed by atoms with E-state index >= 15 is 0 Å². The molecular weight excluding hydrogens is 477 g/mol. The van der Waals surface area contributed by atoms with E-state index < -0.39 is 11.7 Å². The summed E-state index contributed by atoms with van der Waals surface area (Å²) in [4.78, 5) is 19.7. The van der Waals surface area contributed by atoms with E-state index in [1.807, 2.05) is 23.6 Å². The first-order chi connectivity index (χ1) is 16.7. The number of fused-ring (bicyclic) bond motifs is 1. The predicted molar refractivity (Wildman–Crippen MR) is 131 cm³/mol. The van der Waals surface area contributed by atoms with Crippen molar-refractivity contribution in [1.29, 1.82) is 0 Å². The number of nitrogens with one attached hydrogen (secondary N) is 1. The molecule has 0 radical (unpaired) electrons. The van der Waals surface area contributed by atoms with Gasteiger partial charge in [0.2, 0.25) is 11.9 Å². The molecule has 3 aromatic rings. The lowest BCUT2D eigenvalue weighted by Gasteiger charge is -2.33. The highest BCUT2D eigenvalue weighted by atomic mass is 35.5. The zero-order valence-corrected chi connectivity index (χ0v) is 20.3. The number of alkyl halides is 3. The summed E-state index contributed by atoms with van der Waals surface area (Å²) in [5.74, 6) is 0.749. The molecule has 2 aromatic carbocycles. The maximum Gasteiger partial charge on any atom is 0.416 e. The Morgan fingerprint density at radius 2 is 1.71 bits per heavy atom. The van der Waals surface area contributed by atoms with Crippen LogP contribution in [0.15, 0.2) is 36.4 Å². The van der Waals surface area contributed by atoms with Gasteiger partial charge in [-0.2, -0.15) is 13.2 Å². The third kappa shape index (κ3) is 4.85. The summed E-state index contributed by atoms with van der Waals surface area (Å²) in [7, 11) is 0. The molecule has 1 N–H and O–H groups in total. The fraction of sp³-hybridized carbons (Fsp3) is 0.462. The number of imidazole rings is 1. The number of aryl methyl sites for hydroxylation is 1. The number of hydrogen-bond acceptors (Lipinski definition) is 3. The molecule has 5 rings (SSSR count). The summed E-state index contributed by atoms with van der Waals surface area (Å²) in [6.07, 6.45) is 1.47. The van der Waals surface area contributed by atoms with Crippen molar-refractivity contribution in [1.82, 2.24) is 14.9 Å². The summed E-state index contributed by atoms with van der Waals surface area (Å²) in [5, 5.41) is 3.78. The van der Waals surface area contributed by atoms with Crippen molar-refractivity contribution in [3.05, 3.63) is 52.5 Å². The topological polar surface area (TPSA) is 50.2 Å². The number of hydrogen-bond donors (Lipinski definition) is 1. The van der Waals surface area contributed by atoms with Crippen LogP contribution in [0.5, 0.6) is 0 Å². The second kappa shape index (κ2) is 9.37. The number of nitrogens with zero attached hydrogens (tertiary/aromatic N) is 3. The molecule has 1 aliphatic heterocycles. The Labute approximate surface area is 207 Å². The number of carbonyl (C=O) groups is 1. The van der Waals surface area contributed by atoms with Crippen LogP contribution in [-0.4, -0.2) is 34.6 Å². The van der Waals surface area contributed by atoms with Crippen LogP contribution < -0.4 is 10.2 Å². The SMILES string of the molecule is Cc1cc2nc(N3CCC(C(=O)NC4CCCC4)CC3)n(-c3ccc(C(F)(F)F)cc3)c2cc1Cl. The van der Waals surface area contributed by atoms with Crippen LogP contribution in [0.4, 0.5) is 19.1 Å². The largest absolute Gasteiger partial charge is 0.416 e. The summed E-state index contributed by atoms with van der Waals surface area (Å²) >= 11 is 6.40. The highest BCUT2D eigenvalue weighted by Gasteiger charge is 2.32. The van der Waals surface area contributed by atoms with Crippen molar-refractivity contribution in [3.63, 3.8) is 0 Å².